The van der Waals surface area contributed by atoms with Crippen molar-refractivity contribution in [2.75, 3.05) is 0 Å². The summed E-state index contributed by atoms with van der Waals surface area (Å²) in [6, 6.07) is 11.3. The summed E-state index contributed by atoms with van der Waals surface area (Å²) in [5.41, 5.74) is -9.39. The molecule has 4 N–H and O–H groups in total. The van der Waals surface area contributed by atoms with E-state index in [1.54, 1.807) is 0 Å². The Balaban J connectivity index is 0.00000544. The van der Waals surface area contributed by atoms with Gasteiger partial charge < -0.3 is 30.4 Å². The maximum absolute atomic E-state index is 15.8. The van der Waals surface area contributed by atoms with E-state index in [0.717, 1.165) is 72.8 Å². The largest absolute Gasteiger partial charge is 2.00 e. The summed E-state index contributed by atoms with van der Waals surface area (Å²) in [7, 11) is 0. The molecule has 2 aliphatic rings. The van der Waals surface area contributed by atoms with E-state index in [9.17, 15) is 46.8 Å². The molecule has 0 saturated carbocycles. The Kier molecular flexibility index (Phi) is 10.3. The van der Waals surface area contributed by atoms with Crippen molar-refractivity contribution in [1.29, 1.82) is 0 Å². The quantitative estimate of drug-likeness (QED) is 0.0593. The van der Waals surface area contributed by atoms with Crippen LogP contribution in [-0.2, 0) is 17.1 Å². The Hall–Kier alpha value is -7.50. The third kappa shape index (κ3) is 6.46. The number of benzene rings is 4. The van der Waals surface area contributed by atoms with Crippen LogP contribution in [0.15, 0.2) is 60.7 Å². The van der Waals surface area contributed by atoms with Crippen LogP contribution in [0.5, 0.6) is 23.0 Å². The van der Waals surface area contributed by atoms with Gasteiger partial charge in [-0.05, 0) is 59.7 Å². The van der Waals surface area contributed by atoms with Crippen LogP contribution in [0.1, 0.15) is 22.8 Å². The van der Waals surface area contributed by atoms with Gasteiger partial charge in [-0.15, -0.1) is 22.1 Å². The van der Waals surface area contributed by atoms with Gasteiger partial charge in [0.25, 0.3) is 0 Å². The van der Waals surface area contributed by atoms with Gasteiger partial charge in [-0.25, -0.2) is 53.9 Å². The summed E-state index contributed by atoms with van der Waals surface area (Å²) >= 11 is 0. The standard InChI is InChI=1S/C44H18F10N4O4.Fe/c45-35-33(36(46)40(50)43(53)39(35)49)29-19-11-7-15(55-19)27(31-23(59)3-1-4-24(31)60)16-8-12-20(56-16)30(34-37(47)41(51)44(54)42(52)38(34)48)22-14-10-18(58-22)28(17-9-13-21(29)57-17)32-25(61)5-2-6-26(32)62;/h1-14H,(H4-2,55,56,57,58,59,60,61,62);/q-2;+2. The zero-order valence-electron chi connectivity index (χ0n) is 30.8. The van der Waals surface area contributed by atoms with E-state index >= 15 is 17.6 Å². The zero-order chi connectivity index (χ0) is 44.0. The number of rotatable bonds is 4. The van der Waals surface area contributed by atoms with Crippen LogP contribution in [0.25, 0.3) is 90.9 Å². The summed E-state index contributed by atoms with van der Waals surface area (Å²) in [6.45, 7) is 0. The molecule has 0 unspecified atom stereocenters. The summed E-state index contributed by atoms with van der Waals surface area (Å²) in [6.07, 6.45) is 4.39. The molecule has 63 heavy (non-hydrogen) atoms. The van der Waals surface area contributed by atoms with Crippen molar-refractivity contribution in [3.63, 3.8) is 0 Å². The second-order valence-corrected chi connectivity index (χ2v) is 13.6. The van der Waals surface area contributed by atoms with Crippen molar-refractivity contribution in [2.24, 2.45) is 0 Å². The normalized spacial score (nSPS) is 12.0. The van der Waals surface area contributed by atoms with E-state index in [2.05, 4.69) is 19.9 Å². The number of hydrogen-bond acceptors (Lipinski definition) is 6. The molecule has 0 spiro atoms. The second kappa shape index (κ2) is 15.4. The molecule has 0 aliphatic carbocycles. The molecule has 0 amide bonds. The Morgan fingerprint density at radius 2 is 0.524 bits per heavy atom. The molecule has 0 radical (unpaired) electrons. The first kappa shape index (κ1) is 42.2. The number of aromatic hydroxyl groups is 4. The fraction of sp³-hybridized carbons (Fsp3) is 0. The van der Waals surface area contributed by atoms with Gasteiger partial charge in [0, 0.05) is 11.1 Å². The predicted octanol–water partition coefficient (Wildman–Crippen LogP) is 10.8. The Morgan fingerprint density at radius 3 is 0.778 bits per heavy atom. The van der Waals surface area contributed by atoms with Crippen LogP contribution in [0, 0.1) is 58.2 Å². The fourth-order valence-electron chi connectivity index (χ4n) is 7.33. The van der Waals surface area contributed by atoms with Crippen LogP contribution < -0.4 is 9.97 Å². The molecule has 8 nitrogen and oxygen atoms in total. The summed E-state index contributed by atoms with van der Waals surface area (Å²) < 4.78 is 152. The molecule has 0 fully saturated rings. The Labute approximate surface area is 355 Å². The number of fused-ring (bicyclic) bond motifs is 8. The first-order chi connectivity index (χ1) is 29.6. The van der Waals surface area contributed by atoms with Crippen molar-refractivity contribution in [3.05, 3.63) is 142 Å². The molecule has 0 saturated heterocycles. The van der Waals surface area contributed by atoms with Crippen molar-refractivity contribution in [1.82, 2.24) is 19.9 Å². The molecule has 2 aliphatic heterocycles. The molecule has 5 heterocycles. The van der Waals surface area contributed by atoms with Gasteiger partial charge in [-0.3, -0.25) is 0 Å². The minimum atomic E-state index is -2.47. The third-order valence-corrected chi connectivity index (χ3v) is 10.1. The molecular weight excluding hydrogens is 894 g/mol. The number of phenolic OH excluding ortho intramolecular Hbond substituents is 4. The summed E-state index contributed by atoms with van der Waals surface area (Å²) in [5.74, 6) is -25.9. The van der Waals surface area contributed by atoms with E-state index in [1.807, 2.05) is 0 Å². The second-order valence-electron chi connectivity index (χ2n) is 13.6. The van der Waals surface area contributed by atoms with Gasteiger partial charge in [0.2, 0.25) is 11.6 Å². The minimum Gasteiger partial charge on any atom is -0.657 e. The van der Waals surface area contributed by atoms with Crippen molar-refractivity contribution in [3.8, 4) is 67.5 Å². The van der Waals surface area contributed by atoms with E-state index in [0.29, 0.717) is 0 Å². The van der Waals surface area contributed by atoms with Gasteiger partial charge in [0.1, 0.15) is 23.0 Å². The SMILES string of the molecule is Oc1cccc(O)c1-c1c2nc(c(-c3c(F)c(F)c(F)c(F)c3F)c3ccc([n-]3)c(-c3c(O)cccc3O)c3nc(c(-c4c(F)c(F)c(F)c(F)c4F)c4ccc1[n-]4)C=C3)C=C2.[Fe+2]. The Bertz CT molecular complexity index is 3070. The van der Waals surface area contributed by atoms with Crippen molar-refractivity contribution >= 4 is 46.4 Å². The summed E-state index contributed by atoms with van der Waals surface area (Å²) in [5, 5.41) is 44.2. The number of halogens is 10. The van der Waals surface area contributed by atoms with Crippen molar-refractivity contribution in [2.45, 2.75) is 0 Å². The van der Waals surface area contributed by atoms with Crippen molar-refractivity contribution < 1.29 is 81.4 Å². The summed E-state index contributed by atoms with van der Waals surface area (Å²) in [4.78, 5) is 17.6. The average molecular weight is 912 g/mol. The first-order valence-corrected chi connectivity index (χ1v) is 17.7. The molecule has 7 aromatic rings. The first-order valence-electron chi connectivity index (χ1n) is 17.7. The number of aromatic nitrogens is 4. The fourth-order valence-corrected chi connectivity index (χ4v) is 7.33. The van der Waals surface area contributed by atoms with Crippen LogP contribution in [0.2, 0.25) is 0 Å². The number of phenols is 4. The maximum Gasteiger partial charge on any atom is 2.00 e. The minimum absolute atomic E-state index is 0. The van der Waals surface area contributed by atoms with Gasteiger partial charge in [0.15, 0.2) is 46.5 Å². The number of nitrogens with zero attached hydrogens (tertiary/aromatic N) is 4. The Morgan fingerprint density at radius 1 is 0.302 bits per heavy atom. The molecule has 8 bridgehead atoms. The van der Waals surface area contributed by atoms with Gasteiger partial charge in [-0.2, -0.15) is 0 Å². The van der Waals surface area contributed by atoms with Gasteiger partial charge >= 0.3 is 17.1 Å². The smallest absolute Gasteiger partial charge is 0.657 e. The topological polar surface area (TPSA) is 135 Å². The molecule has 0 atom stereocenters. The monoisotopic (exact) mass is 912 g/mol. The average Bonchev–Trinajstić information content (AvgIpc) is 4.10. The van der Waals surface area contributed by atoms with E-state index in [-0.39, 0.29) is 50.6 Å². The molecule has 3 aromatic heterocycles. The molecule has 19 heteroatoms. The van der Waals surface area contributed by atoms with E-state index in [1.165, 1.54) is 12.1 Å². The molecule has 4 aromatic carbocycles. The van der Waals surface area contributed by atoms with E-state index in [4.69, 9.17) is 0 Å². The molecule has 316 valence electrons. The van der Waals surface area contributed by atoms with Gasteiger partial charge in [-0.1, -0.05) is 36.4 Å². The number of hydrogen-bond donors (Lipinski definition) is 4. The van der Waals surface area contributed by atoms with Crippen LogP contribution in [0.4, 0.5) is 43.9 Å². The maximum atomic E-state index is 15.8. The van der Waals surface area contributed by atoms with Crippen LogP contribution in [-0.4, -0.2) is 30.4 Å². The third-order valence-electron chi connectivity index (χ3n) is 10.1. The molecular formula is C44H18F10FeN4O4. The van der Waals surface area contributed by atoms with Gasteiger partial charge in [0.05, 0.1) is 45.0 Å². The van der Waals surface area contributed by atoms with Crippen LogP contribution in [0.3, 0.4) is 0 Å². The van der Waals surface area contributed by atoms with Crippen LogP contribution >= 0.6 is 0 Å². The molecule has 9 rings (SSSR count). The predicted molar refractivity (Wildman–Crippen MR) is 205 cm³/mol. The zero-order valence-corrected chi connectivity index (χ0v) is 31.9. The van der Waals surface area contributed by atoms with E-state index < -0.39 is 137 Å².